The summed E-state index contributed by atoms with van der Waals surface area (Å²) in [5, 5.41) is 0.965. The Hall–Kier alpha value is -3.00. The molecule has 0 unspecified atom stereocenters. The summed E-state index contributed by atoms with van der Waals surface area (Å²) in [6.07, 6.45) is 7.14. The van der Waals surface area contributed by atoms with Crippen LogP contribution in [0.5, 0.6) is 0 Å². The summed E-state index contributed by atoms with van der Waals surface area (Å²) in [5.74, 6) is 0.258. The molecule has 1 aliphatic carbocycles. The third-order valence-corrected chi connectivity index (χ3v) is 6.26. The van der Waals surface area contributed by atoms with Crippen LogP contribution in [0.3, 0.4) is 0 Å². The Labute approximate surface area is 163 Å². The zero-order chi connectivity index (χ0) is 19.3. The summed E-state index contributed by atoms with van der Waals surface area (Å²) in [6, 6.07) is 3.77. The number of carbonyl (C=O) groups excluding carboxylic acids is 1. The molecule has 0 bridgehead atoms. The molecule has 4 aromatic heterocycles. The standard InChI is InChI=1S/C20H17N3O4S/c1-26-14(24)9-23-10-21-17-15-11-5-2-3-6-12(11)16(13-7-4-8-27-13)22-19(15)28-18(17)20(23)25/h4,7-8,10H,2-3,5-6,9H2,1H3. The monoisotopic (exact) mass is 395 g/mol. The van der Waals surface area contributed by atoms with Gasteiger partial charge in [0.2, 0.25) is 0 Å². The van der Waals surface area contributed by atoms with Gasteiger partial charge in [-0.05, 0) is 48.9 Å². The first kappa shape index (κ1) is 17.1. The van der Waals surface area contributed by atoms with Crippen LogP contribution in [0.2, 0.25) is 0 Å². The fraction of sp³-hybridized carbons (Fsp3) is 0.300. The minimum atomic E-state index is -0.486. The Morgan fingerprint density at radius 1 is 1.32 bits per heavy atom. The van der Waals surface area contributed by atoms with Gasteiger partial charge < -0.3 is 9.15 Å². The number of ether oxygens (including phenoxy) is 1. The first-order chi connectivity index (χ1) is 13.7. The lowest BCUT2D eigenvalue weighted by atomic mass is 9.88. The smallest absolute Gasteiger partial charge is 0.325 e. The number of methoxy groups -OCH3 is 1. The predicted molar refractivity (Wildman–Crippen MR) is 106 cm³/mol. The number of esters is 1. The molecule has 0 atom stereocenters. The van der Waals surface area contributed by atoms with Crippen molar-refractivity contribution in [2.45, 2.75) is 32.2 Å². The summed E-state index contributed by atoms with van der Waals surface area (Å²) in [7, 11) is 1.30. The van der Waals surface area contributed by atoms with Crippen molar-refractivity contribution in [2.75, 3.05) is 7.11 Å². The molecule has 0 aliphatic heterocycles. The summed E-state index contributed by atoms with van der Waals surface area (Å²) in [5.41, 5.74) is 3.68. The molecule has 4 heterocycles. The van der Waals surface area contributed by atoms with Crippen molar-refractivity contribution in [3.8, 4) is 11.5 Å². The number of rotatable bonds is 3. The highest BCUT2D eigenvalue weighted by atomic mass is 32.1. The van der Waals surface area contributed by atoms with Crippen molar-refractivity contribution in [1.29, 1.82) is 0 Å². The number of thiophene rings is 1. The molecule has 1 aliphatic rings. The van der Waals surface area contributed by atoms with Gasteiger partial charge in [0.1, 0.15) is 21.8 Å². The van der Waals surface area contributed by atoms with E-state index in [0.29, 0.717) is 10.2 Å². The fourth-order valence-electron chi connectivity index (χ4n) is 3.88. The van der Waals surface area contributed by atoms with Crippen molar-refractivity contribution in [1.82, 2.24) is 14.5 Å². The minimum absolute atomic E-state index is 0.157. The highest BCUT2D eigenvalue weighted by Crippen LogP contribution is 2.40. The van der Waals surface area contributed by atoms with E-state index in [1.165, 1.54) is 40.5 Å². The van der Waals surface area contributed by atoms with Crippen LogP contribution in [0.25, 0.3) is 31.9 Å². The Balaban J connectivity index is 1.80. The molecule has 0 fully saturated rings. The Morgan fingerprint density at radius 2 is 2.14 bits per heavy atom. The van der Waals surface area contributed by atoms with E-state index in [4.69, 9.17) is 9.40 Å². The Kier molecular flexibility index (Phi) is 4.01. The van der Waals surface area contributed by atoms with E-state index in [9.17, 15) is 9.59 Å². The van der Waals surface area contributed by atoms with Crippen LogP contribution in [0.4, 0.5) is 0 Å². The van der Waals surface area contributed by atoms with Crippen LogP contribution in [-0.4, -0.2) is 27.6 Å². The molecule has 0 saturated carbocycles. The van der Waals surface area contributed by atoms with Crippen LogP contribution in [0.15, 0.2) is 33.9 Å². The number of aryl methyl sites for hydroxylation is 1. The lowest BCUT2D eigenvalue weighted by Gasteiger charge is -2.19. The van der Waals surface area contributed by atoms with Gasteiger partial charge in [-0.15, -0.1) is 11.3 Å². The van der Waals surface area contributed by atoms with Gasteiger partial charge in [0.15, 0.2) is 5.76 Å². The van der Waals surface area contributed by atoms with Crippen LogP contribution >= 0.6 is 11.3 Å². The molecule has 0 radical (unpaired) electrons. The second kappa shape index (κ2) is 6.56. The highest BCUT2D eigenvalue weighted by molar-refractivity contribution is 7.25. The van der Waals surface area contributed by atoms with Gasteiger partial charge in [0.25, 0.3) is 5.56 Å². The predicted octanol–water partition coefficient (Wildman–Crippen LogP) is 3.32. The van der Waals surface area contributed by atoms with Crippen molar-refractivity contribution in [3.63, 3.8) is 0 Å². The molecule has 0 aromatic carbocycles. The first-order valence-corrected chi connectivity index (χ1v) is 9.93. The van der Waals surface area contributed by atoms with E-state index < -0.39 is 5.97 Å². The number of furan rings is 1. The van der Waals surface area contributed by atoms with Gasteiger partial charge in [-0.2, -0.15) is 0 Å². The molecule has 0 N–H and O–H groups in total. The molecule has 142 valence electrons. The number of hydrogen-bond acceptors (Lipinski definition) is 7. The molecule has 28 heavy (non-hydrogen) atoms. The largest absolute Gasteiger partial charge is 0.468 e. The van der Waals surface area contributed by atoms with Gasteiger partial charge in [0.05, 0.1) is 25.2 Å². The summed E-state index contributed by atoms with van der Waals surface area (Å²) >= 11 is 1.32. The van der Waals surface area contributed by atoms with E-state index in [0.717, 1.165) is 47.4 Å². The second-order valence-corrected chi connectivity index (χ2v) is 7.81. The van der Waals surface area contributed by atoms with Crippen LogP contribution < -0.4 is 5.56 Å². The van der Waals surface area contributed by atoms with Gasteiger partial charge in [0, 0.05) is 5.39 Å². The zero-order valence-electron chi connectivity index (χ0n) is 15.2. The topological polar surface area (TPSA) is 87.2 Å². The van der Waals surface area contributed by atoms with Gasteiger partial charge in [-0.1, -0.05) is 0 Å². The van der Waals surface area contributed by atoms with Gasteiger partial charge in [-0.3, -0.25) is 14.2 Å². The molecular weight excluding hydrogens is 378 g/mol. The van der Waals surface area contributed by atoms with Crippen molar-refractivity contribution in [2.24, 2.45) is 0 Å². The normalized spacial score (nSPS) is 13.8. The van der Waals surface area contributed by atoms with Crippen molar-refractivity contribution in [3.05, 3.63) is 46.2 Å². The third-order valence-electron chi connectivity index (χ3n) is 5.20. The molecule has 0 saturated heterocycles. The molecule has 0 amide bonds. The number of fused-ring (bicyclic) bond motifs is 5. The van der Waals surface area contributed by atoms with E-state index in [1.54, 1.807) is 6.26 Å². The van der Waals surface area contributed by atoms with E-state index in [2.05, 4.69) is 9.72 Å². The molecule has 5 rings (SSSR count). The average molecular weight is 395 g/mol. The number of pyridine rings is 1. The van der Waals surface area contributed by atoms with Crippen LogP contribution in [0, 0.1) is 0 Å². The first-order valence-electron chi connectivity index (χ1n) is 9.11. The highest BCUT2D eigenvalue weighted by Gasteiger charge is 2.25. The lowest BCUT2D eigenvalue weighted by Crippen LogP contribution is -2.24. The van der Waals surface area contributed by atoms with E-state index in [-0.39, 0.29) is 12.1 Å². The molecule has 0 spiro atoms. The maximum atomic E-state index is 12.9. The molecular formula is C20H17N3O4S. The van der Waals surface area contributed by atoms with E-state index >= 15 is 0 Å². The zero-order valence-corrected chi connectivity index (χ0v) is 16.0. The summed E-state index contributed by atoms with van der Waals surface area (Å²) < 4.78 is 12.1. The number of nitrogens with zero attached hydrogens (tertiary/aromatic N) is 3. The number of hydrogen-bond donors (Lipinski definition) is 0. The number of carbonyl (C=O) groups is 1. The number of aromatic nitrogens is 3. The summed E-state index contributed by atoms with van der Waals surface area (Å²) in [4.78, 5) is 34.7. The lowest BCUT2D eigenvalue weighted by molar-refractivity contribution is -0.141. The minimum Gasteiger partial charge on any atom is -0.468 e. The average Bonchev–Trinajstić information content (AvgIpc) is 3.37. The second-order valence-electron chi connectivity index (χ2n) is 6.82. The fourth-order valence-corrected chi connectivity index (χ4v) is 4.99. The SMILES string of the molecule is COC(=O)Cn1cnc2c(sc3nc(-c4ccco4)c4c(c32)CCCC4)c1=O. The van der Waals surface area contributed by atoms with Crippen LogP contribution in [-0.2, 0) is 28.9 Å². The maximum Gasteiger partial charge on any atom is 0.325 e. The van der Waals surface area contributed by atoms with Crippen molar-refractivity contribution < 1.29 is 13.9 Å². The maximum absolute atomic E-state index is 12.9. The van der Waals surface area contributed by atoms with Gasteiger partial charge in [-0.25, -0.2) is 9.97 Å². The van der Waals surface area contributed by atoms with Gasteiger partial charge >= 0.3 is 5.97 Å². The van der Waals surface area contributed by atoms with Crippen molar-refractivity contribution >= 4 is 37.7 Å². The molecule has 4 aromatic rings. The quantitative estimate of drug-likeness (QED) is 0.495. The third kappa shape index (κ3) is 2.56. The molecule has 8 heteroatoms. The Morgan fingerprint density at radius 3 is 2.89 bits per heavy atom. The summed E-state index contributed by atoms with van der Waals surface area (Å²) in [6.45, 7) is -0.157. The molecule has 7 nitrogen and oxygen atoms in total. The van der Waals surface area contributed by atoms with E-state index in [1.807, 2.05) is 12.1 Å². The van der Waals surface area contributed by atoms with Crippen LogP contribution in [0.1, 0.15) is 24.0 Å². The Bertz CT molecular complexity index is 1270.